The van der Waals surface area contributed by atoms with Gasteiger partial charge in [-0.05, 0) is 44.5 Å². The molecule has 0 saturated heterocycles. The zero-order valence-corrected chi connectivity index (χ0v) is 17.7. The molecular formula is C20H18ClF5N2OS. The summed E-state index contributed by atoms with van der Waals surface area (Å²) in [6.45, 7) is 4.74. The van der Waals surface area contributed by atoms with Crippen LogP contribution in [0.4, 0.5) is 27.6 Å². The van der Waals surface area contributed by atoms with Crippen LogP contribution in [0.25, 0.3) is 0 Å². The molecule has 162 valence electrons. The number of alkyl halides is 5. The van der Waals surface area contributed by atoms with Crippen molar-refractivity contribution in [2.45, 2.75) is 38.9 Å². The topological polar surface area (TPSA) is 41.1 Å². The van der Waals surface area contributed by atoms with E-state index in [0.29, 0.717) is 6.07 Å². The average molecular weight is 465 g/mol. The number of anilines is 1. The number of rotatable bonds is 5. The fraction of sp³-hybridized carbons (Fsp3) is 0.300. The number of nitrogens with one attached hydrogen (secondary N) is 2. The predicted molar refractivity (Wildman–Crippen MR) is 111 cm³/mol. The van der Waals surface area contributed by atoms with Crippen molar-refractivity contribution in [3.05, 3.63) is 63.7 Å². The van der Waals surface area contributed by atoms with Crippen LogP contribution in [0.3, 0.4) is 0 Å². The molecule has 30 heavy (non-hydrogen) atoms. The summed E-state index contributed by atoms with van der Waals surface area (Å²) in [7, 11) is 0. The quantitative estimate of drug-likeness (QED) is 0.407. The first-order valence-electron chi connectivity index (χ1n) is 8.72. The van der Waals surface area contributed by atoms with Gasteiger partial charge in [0.15, 0.2) is 0 Å². The van der Waals surface area contributed by atoms with Crippen molar-refractivity contribution in [3.8, 4) is 0 Å². The maximum absolute atomic E-state index is 13.8. The molecule has 0 bridgehead atoms. The first-order valence-corrected chi connectivity index (χ1v) is 9.51. The molecule has 0 atom stereocenters. The molecule has 0 aliphatic carbocycles. The fourth-order valence-corrected chi connectivity index (χ4v) is 3.51. The Balaban J connectivity index is 2.45. The molecule has 10 heteroatoms. The van der Waals surface area contributed by atoms with Crippen molar-refractivity contribution < 1.29 is 26.7 Å². The Hall–Kier alpha value is -2.26. The SMILES string of the molecule is Cc1c(NC(=O)c2cccc(Cl)c2C(=S)NC(C)C)cccc1C(F)(F)C(F)(F)F. The zero-order valence-electron chi connectivity index (χ0n) is 16.1. The lowest BCUT2D eigenvalue weighted by atomic mass is 9.99. The van der Waals surface area contributed by atoms with Crippen LogP contribution in [0, 0.1) is 6.92 Å². The number of hydrogen-bond donors (Lipinski definition) is 2. The number of benzene rings is 2. The van der Waals surface area contributed by atoms with E-state index in [4.69, 9.17) is 23.8 Å². The Morgan fingerprint density at radius 1 is 1.07 bits per heavy atom. The highest BCUT2D eigenvalue weighted by Gasteiger charge is 2.59. The normalized spacial score (nSPS) is 12.1. The second-order valence-corrected chi connectivity index (χ2v) is 7.61. The number of carbonyl (C=O) groups is 1. The van der Waals surface area contributed by atoms with Gasteiger partial charge in [-0.1, -0.05) is 42.0 Å². The highest BCUT2D eigenvalue weighted by Crippen LogP contribution is 2.46. The molecule has 2 aromatic carbocycles. The summed E-state index contributed by atoms with van der Waals surface area (Å²) in [6, 6.07) is 7.32. The minimum Gasteiger partial charge on any atom is -0.374 e. The van der Waals surface area contributed by atoms with Crippen molar-refractivity contribution in [2.75, 3.05) is 5.32 Å². The van der Waals surface area contributed by atoms with E-state index in [0.717, 1.165) is 13.0 Å². The molecule has 2 rings (SSSR count). The van der Waals surface area contributed by atoms with Gasteiger partial charge in [0.25, 0.3) is 5.91 Å². The van der Waals surface area contributed by atoms with Gasteiger partial charge in [-0.25, -0.2) is 0 Å². The first-order chi connectivity index (χ1) is 13.8. The van der Waals surface area contributed by atoms with Gasteiger partial charge in [0, 0.05) is 22.9 Å². The van der Waals surface area contributed by atoms with Gasteiger partial charge < -0.3 is 10.6 Å². The summed E-state index contributed by atoms with van der Waals surface area (Å²) in [5.74, 6) is -5.82. The lowest BCUT2D eigenvalue weighted by molar-refractivity contribution is -0.289. The van der Waals surface area contributed by atoms with Crippen molar-refractivity contribution in [1.29, 1.82) is 0 Å². The molecule has 0 aromatic heterocycles. The Labute approximate surface area is 180 Å². The molecule has 3 nitrogen and oxygen atoms in total. The Bertz CT molecular complexity index is 976. The highest BCUT2D eigenvalue weighted by molar-refractivity contribution is 7.80. The van der Waals surface area contributed by atoms with Crippen LogP contribution in [-0.2, 0) is 5.92 Å². The van der Waals surface area contributed by atoms with Crippen LogP contribution in [0.15, 0.2) is 36.4 Å². The van der Waals surface area contributed by atoms with Crippen LogP contribution in [0.2, 0.25) is 5.02 Å². The fourth-order valence-electron chi connectivity index (χ4n) is 2.73. The summed E-state index contributed by atoms with van der Waals surface area (Å²) >= 11 is 11.5. The van der Waals surface area contributed by atoms with E-state index >= 15 is 0 Å². The minimum absolute atomic E-state index is 0.0480. The number of amides is 1. The minimum atomic E-state index is -5.77. The van der Waals surface area contributed by atoms with Gasteiger partial charge in [0.1, 0.15) is 4.99 Å². The summed E-state index contributed by atoms with van der Waals surface area (Å²) in [6.07, 6.45) is -5.77. The maximum Gasteiger partial charge on any atom is 0.458 e. The molecule has 2 aromatic rings. The van der Waals surface area contributed by atoms with E-state index in [9.17, 15) is 26.7 Å². The Kier molecular flexibility index (Phi) is 7.08. The zero-order chi connectivity index (χ0) is 22.9. The number of hydrogen-bond acceptors (Lipinski definition) is 2. The lowest BCUT2D eigenvalue weighted by Crippen LogP contribution is -2.34. The van der Waals surface area contributed by atoms with Gasteiger partial charge in [-0.3, -0.25) is 4.79 Å². The third-order valence-corrected chi connectivity index (χ3v) is 4.82. The van der Waals surface area contributed by atoms with Gasteiger partial charge >= 0.3 is 12.1 Å². The van der Waals surface area contributed by atoms with Crippen LogP contribution < -0.4 is 10.6 Å². The summed E-state index contributed by atoms with van der Waals surface area (Å²) in [4.78, 5) is 13.0. The highest BCUT2D eigenvalue weighted by atomic mass is 35.5. The predicted octanol–water partition coefficient (Wildman–Crippen LogP) is 6.23. The van der Waals surface area contributed by atoms with E-state index in [2.05, 4.69) is 10.6 Å². The molecule has 0 aliphatic heterocycles. The summed E-state index contributed by atoms with van der Waals surface area (Å²) in [5.41, 5.74) is -1.55. The van der Waals surface area contributed by atoms with Crippen molar-refractivity contribution >= 4 is 40.4 Å². The maximum atomic E-state index is 13.8. The molecule has 1 amide bonds. The summed E-state index contributed by atoms with van der Waals surface area (Å²) < 4.78 is 66.0. The van der Waals surface area contributed by atoms with Crippen molar-refractivity contribution in [3.63, 3.8) is 0 Å². The number of halogens is 6. The van der Waals surface area contributed by atoms with Gasteiger partial charge in [-0.15, -0.1) is 0 Å². The van der Waals surface area contributed by atoms with E-state index in [1.807, 2.05) is 13.8 Å². The van der Waals surface area contributed by atoms with Crippen LogP contribution in [-0.4, -0.2) is 23.1 Å². The van der Waals surface area contributed by atoms with Crippen LogP contribution in [0.1, 0.15) is 40.9 Å². The monoisotopic (exact) mass is 464 g/mol. The second-order valence-electron chi connectivity index (χ2n) is 6.79. The van der Waals surface area contributed by atoms with Gasteiger partial charge in [0.2, 0.25) is 0 Å². The number of thiocarbonyl (C=S) groups is 1. The smallest absolute Gasteiger partial charge is 0.374 e. The second kappa shape index (κ2) is 8.85. The van der Waals surface area contributed by atoms with Gasteiger partial charge in [0.05, 0.1) is 10.6 Å². The van der Waals surface area contributed by atoms with Crippen molar-refractivity contribution in [1.82, 2.24) is 5.32 Å². The number of carbonyl (C=O) groups excluding carboxylic acids is 1. The molecule has 0 unspecified atom stereocenters. The van der Waals surface area contributed by atoms with E-state index < -0.39 is 29.1 Å². The Morgan fingerprint density at radius 3 is 2.23 bits per heavy atom. The molecule has 0 radical (unpaired) electrons. The molecule has 0 fully saturated rings. The lowest BCUT2D eigenvalue weighted by Gasteiger charge is -2.23. The van der Waals surface area contributed by atoms with Crippen molar-refractivity contribution in [2.24, 2.45) is 0 Å². The molecule has 0 heterocycles. The summed E-state index contributed by atoms with van der Waals surface area (Å²) in [5, 5.41) is 5.53. The largest absolute Gasteiger partial charge is 0.458 e. The molecule has 2 N–H and O–H groups in total. The standard InChI is InChI=1S/C20H18ClF5N2OS/c1-10(2)27-18(30)16-12(6-4-8-14(16)21)17(29)28-15-9-5-7-13(11(15)3)19(22,23)20(24,25)26/h4-10H,1-3H3,(H,27,30)(H,28,29). The molecule has 0 saturated carbocycles. The Morgan fingerprint density at radius 2 is 1.67 bits per heavy atom. The third-order valence-electron chi connectivity index (χ3n) is 4.18. The third kappa shape index (κ3) is 4.89. The van der Waals surface area contributed by atoms with E-state index in [1.165, 1.54) is 24.3 Å². The first kappa shape index (κ1) is 24.0. The molecular weight excluding hydrogens is 447 g/mol. The van der Waals surface area contributed by atoms with Gasteiger partial charge in [-0.2, -0.15) is 22.0 Å². The van der Waals surface area contributed by atoms with E-state index in [1.54, 1.807) is 0 Å². The average Bonchev–Trinajstić information content (AvgIpc) is 2.61. The molecule has 0 spiro atoms. The van der Waals surface area contributed by atoms with Crippen LogP contribution >= 0.6 is 23.8 Å². The van der Waals surface area contributed by atoms with E-state index in [-0.39, 0.29) is 32.9 Å². The molecule has 0 aliphatic rings. The van der Waals surface area contributed by atoms with Crippen LogP contribution in [0.5, 0.6) is 0 Å².